The van der Waals surface area contributed by atoms with Crippen molar-refractivity contribution in [2.24, 2.45) is 0 Å². The van der Waals surface area contributed by atoms with E-state index < -0.39 is 5.82 Å². The topological polar surface area (TPSA) is 38.7 Å². The maximum Gasteiger partial charge on any atom is 0.165 e. The van der Waals surface area contributed by atoms with Crippen LogP contribution in [-0.2, 0) is 13.2 Å². The lowest BCUT2D eigenvalue weighted by Gasteiger charge is -2.12. The molecule has 0 unspecified atom stereocenters. The molecule has 0 spiro atoms. The van der Waals surface area contributed by atoms with Gasteiger partial charge in [0.1, 0.15) is 12.4 Å². The first-order chi connectivity index (χ1) is 9.65. The van der Waals surface area contributed by atoms with E-state index in [9.17, 15) is 9.50 Å². The van der Waals surface area contributed by atoms with Gasteiger partial charge in [-0.1, -0.05) is 18.2 Å². The minimum absolute atomic E-state index is 0.119. The quantitative estimate of drug-likeness (QED) is 0.902. The summed E-state index contributed by atoms with van der Waals surface area (Å²) in [6, 6.07) is 10.1. The third-order valence-electron chi connectivity index (χ3n) is 2.82. The lowest BCUT2D eigenvalue weighted by molar-refractivity contribution is 0.258. The highest BCUT2D eigenvalue weighted by molar-refractivity contribution is 9.10. The van der Waals surface area contributed by atoms with Crippen LogP contribution in [0.4, 0.5) is 4.39 Å². The SMILES string of the molecule is COc1ccc(COc2c(Br)cccc2CO)cc1F. The Morgan fingerprint density at radius 1 is 1.25 bits per heavy atom. The Bertz CT molecular complexity index is 602. The molecule has 0 aliphatic heterocycles. The number of hydrogen-bond acceptors (Lipinski definition) is 3. The number of halogens is 2. The molecule has 0 radical (unpaired) electrons. The van der Waals surface area contributed by atoms with Gasteiger partial charge in [0.25, 0.3) is 0 Å². The molecule has 1 N–H and O–H groups in total. The molecule has 5 heteroatoms. The van der Waals surface area contributed by atoms with Crippen molar-refractivity contribution >= 4 is 15.9 Å². The molecule has 0 amide bonds. The zero-order valence-corrected chi connectivity index (χ0v) is 12.5. The number of aliphatic hydroxyl groups is 1. The van der Waals surface area contributed by atoms with E-state index in [0.717, 1.165) is 4.47 Å². The number of para-hydroxylation sites is 1. The second kappa shape index (κ2) is 6.72. The van der Waals surface area contributed by atoms with Gasteiger partial charge in [0.05, 0.1) is 18.2 Å². The van der Waals surface area contributed by atoms with Gasteiger partial charge in [-0.3, -0.25) is 0 Å². The fourth-order valence-electron chi connectivity index (χ4n) is 1.79. The summed E-state index contributed by atoms with van der Waals surface area (Å²) in [7, 11) is 1.42. The number of ether oxygens (including phenoxy) is 2. The fourth-order valence-corrected chi connectivity index (χ4v) is 2.32. The second-order valence-corrected chi connectivity index (χ2v) is 5.00. The maximum atomic E-state index is 13.6. The Kier molecular flexibility index (Phi) is 4.98. The molecule has 20 heavy (non-hydrogen) atoms. The van der Waals surface area contributed by atoms with Crippen LogP contribution in [0.3, 0.4) is 0 Å². The first-order valence-corrected chi connectivity index (χ1v) is 6.78. The van der Waals surface area contributed by atoms with Gasteiger partial charge in [-0.2, -0.15) is 0 Å². The molecule has 106 valence electrons. The van der Waals surface area contributed by atoms with Crippen molar-refractivity contribution in [2.45, 2.75) is 13.2 Å². The Morgan fingerprint density at radius 3 is 2.70 bits per heavy atom. The third kappa shape index (κ3) is 3.29. The summed E-state index contributed by atoms with van der Waals surface area (Å²) in [6.07, 6.45) is 0. The zero-order valence-electron chi connectivity index (χ0n) is 10.9. The maximum absolute atomic E-state index is 13.6. The second-order valence-electron chi connectivity index (χ2n) is 4.14. The van der Waals surface area contributed by atoms with Crippen LogP contribution in [0, 0.1) is 5.82 Å². The van der Waals surface area contributed by atoms with Gasteiger partial charge in [-0.25, -0.2) is 4.39 Å². The van der Waals surface area contributed by atoms with Crippen LogP contribution < -0.4 is 9.47 Å². The van der Waals surface area contributed by atoms with E-state index in [1.54, 1.807) is 18.2 Å². The van der Waals surface area contributed by atoms with Crippen molar-refractivity contribution in [1.82, 2.24) is 0 Å². The molecule has 0 heterocycles. The number of benzene rings is 2. The van der Waals surface area contributed by atoms with Crippen LogP contribution in [-0.4, -0.2) is 12.2 Å². The first-order valence-electron chi connectivity index (χ1n) is 5.99. The largest absolute Gasteiger partial charge is 0.494 e. The third-order valence-corrected chi connectivity index (χ3v) is 3.44. The summed E-state index contributed by atoms with van der Waals surface area (Å²) in [5.41, 5.74) is 1.36. The van der Waals surface area contributed by atoms with Crippen LogP contribution in [0.1, 0.15) is 11.1 Å². The van der Waals surface area contributed by atoms with Gasteiger partial charge in [-0.05, 0) is 39.7 Å². The van der Waals surface area contributed by atoms with E-state index >= 15 is 0 Å². The molecule has 2 aromatic rings. The smallest absolute Gasteiger partial charge is 0.165 e. The van der Waals surface area contributed by atoms with Gasteiger partial charge in [-0.15, -0.1) is 0 Å². The standard InChI is InChI=1S/C15H14BrFO3/c1-19-14-6-5-10(7-13(14)17)9-20-15-11(8-18)3-2-4-12(15)16/h2-7,18H,8-9H2,1H3. The van der Waals surface area contributed by atoms with E-state index in [0.29, 0.717) is 16.9 Å². The number of rotatable bonds is 5. The normalized spacial score (nSPS) is 10.4. The Balaban J connectivity index is 2.15. The van der Waals surface area contributed by atoms with Crippen molar-refractivity contribution in [1.29, 1.82) is 0 Å². The molecule has 0 bridgehead atoms. The van der Waals surface area contributed by atoms with E-state index in [1.807, 2.05) is 12.1 Å². The molecule has 2 rings (SSSR count). The van der Waals surface area contributed by atoms with Crippen molar-refractivity contribution in [2.75, 3.05) is 7.11 Å². The fraction of sp³-hybridized carbons (Fsp3) is 0.200. The van der Waals surface area contributed by atoms with Crippen LogP contribution in [0.25, 0.3) is 0 Å². The van der Waals surface area contributed by atoms with Gasteiger partial charge in [0, 0.05) is 5.56 Å². The Labute approximate surface area is 125 Å². The van der Waals surface area contributed by atoms with Crippen molar-refractivity contribution in [3.63, 3.8) is 0 Å². The predicted molar refractivity (Wildman–Crippen MR) is 77.3 cm³/mol. The average Bonchev–Trinajstić information content (AvgIpc) is 2.46. The highest BCUT2D eigenvalue weighted by atomic mass is 79.9. The van der Waals surface area contributed by atoms with Crippen molar-refractivity contribution in [3.05, 3.63) is 57.8 Å². The minimum Gasteiger partial charge on any atom is -0.494 e. The first kappa shape index (κ1) is 14.8. The van der Waals surface area contributed by atoms with E-state index in [4.69, 9.17) is 9.47 Å². The molecule has 0 atom stereocenters. The molecular weight excluding hydrogens is 327 g/mol. The summed E-state index contributed by atoms with van der Waals surface area (Å²) in [5, 5.41) is 9.28. The summed E-state index contributed by atoms with van der Waals surface area (Å²) in [6.45, 7) is 0.0856. The average molecular weight is 341 g/mol. The summed E-state index contributed by atoms with van der Waals surface area (Å²) < 4.78 is 24.8. The highest BCUT2D eigenvalue weighted by Gasteiger charge is 2.09. The van der Waals surface area contributed by atoms with Crippen LogP contribution in [0.5, 0.6) is 11.5 Å². The lowest BCUT2D eigenvalue weighted by atomic mass is 10.2. The molecule has 0 aliphatic rings. The lowest BCUT2D eigenvalue weighted by Crippen LogP contribution is -2.00. The van der Waals surface area contributed by atoms with E-state index in [-0.39, 0.29) is 19.0 Å². The van der Waals surface area contributed by atoms with Gasteiger partial charge in [0.2, 0.25) is 0 Å². The number of aliphatic hydroxyl groups excluding tert-OH is 1. The van der Waals surface area contributed by atoms with Crippen LogP contribution in [0.2, 0.25) is 0 Å². The zero-order chi connectivity index (χ0) is 14.5. The molecule has 0 saturated carbocycles. The predicted octanol–water partition coefficient (Wildman–Crippen LogP) is 3.67. The molecule has 0 aliphatic carbocycles. The van der Waals surface area contributed by atoms with Gasteiger partial charge < -0.3 is 14.6 Å². The Morgan fingerprint density at radius 2 is 2.05 bits per heavy atom. The minimum atomic E-state index is -0.428. The molecule has 2 aromatic carbocycles. The van der Waals surface area contributed by atoms with Crippen molar-refractivity contribution < 1.29 is 19.0 Å². The molecule has 3 nitrogen and oxygen atoms in total. The Hall–Kier alpha value is -1.59. The summed E-state index contributed by atoms with van der Waals surface area (Å²) in [5.74, 6) is 0.333. The van der Waals surface area contributed by atoms with Gasteiger partial charge >= 0.3 is 0 Å². The monoisotopic (exact) mass is 340 g/mol. The summed E-state index contributed by atoms with van der Waals surface area (Å²) >= 11 is 3.37. The van der Waals surface area contributed by atoms with E-state index in [2.05, 4.69) is 15.9 Å². The molecular formula is C15H14BrFO3. The number of hydrogen-bond donors (Lipinski definition) is 1. The van der Waals surface area contributed by atoms with Crippen LogP contribution >= 0.6 is 15.9 Å². The number of methoxy groups -OCH3 is 1. The van der Waals surface area contributed by atoms with E-state index in [1.165, 1.54) is 13.2 Å². The molecule has 0 saturated heterocycles. The van der Waals surface area contributed by atoms with Crippen molar-refractivity contribution in [3.8, 4) is 11.5 Å². The molecule has 0 fully saturated rings. The molecule has 0 aromatic heterocycles. The van der Waals surface area contributed by atoms with Gasteiger partial charge in [0.15, 0.2) is 11.6 Å². The highest BCUT2D eigenvalue weighted by Crippen LogP contribution is 2.30. The summed E-state index contributed by atoms with van der Waals surface area (Å²) in [4.78, 5) is 0. The van der Waals surface area contributed by atoms with Crippen LogP contribution in [0.15, 0.2) is 40.9 Å².